The smallest absolute Gasteiger partial charge is 0.238 e. The minimum Gasteiger partial charge on any atom is -0.497 e. The summed E-state index contributed by atoms with van der Waals surface area (Å²) >= 11 is 0. The van der Waals surface area contributed by atoms with Gasteiger partial charge in [-0.3, -0.25) is 4.98 Å². The predicted molar refractivity (Wildman–Crippen MR) is 79.7 cm³/mol. The first kappa shape index (κ1) is 15.3. The normalized spacial score (nSPS) is 11.3. The summed E-state index contributed by atoms with van der Waals surface area (Å²) in [6.45, 7) is 6.14. The lowest BCUT2D eigenvalue weighted by Crippen LogP contribution is -2.13. The van der Waals surface area contributed by atoms with Gasteiger partial charge in [0.05, 0.1) is 31.8 Å². The number of hydrogen-bond donors (Lipinski definition) is 1. The van der Waals surface area contributed by atoms with Gasteiger partial charge in [0.2, 0.25) is 5.88 Å². The van der Waals surface area contributed by atoms with Gasteiger partial charge in [0.1, 0.15) is 11.5 Å². The molecule has 112 valence electrons. The van der Waals surface area contributed by atoms with E-state index >= 15 is 0 Å². The molecule has 5 heteroatoms. The fraction of sp³-hybridized carbons (Fsp3) is 0.375. The van der Waals surface area contributed by atoms with Crippen molar-refractivity contribution in [2.75, 3.05) is 7.11 Å². The van der Waals surface area contributed by atoms with Crippen LogP contribution in [0.5, 0.6) is 17.4 Å². The van der Waals surface area contributed by atoms with Gasteiger partial charge in [-0.05, 0) is 23.6 Å². The molecule has 2 rings (SSSR count). The molecule has 1 aromatic heterocycles. The number of nitrogens with zero attached hydrogens (tertiary/aromatic N) is 2. The van der Waals surface area contributed by atoms with Gasteiger partial charge in [-0.1, -0.05) is 20.8 Å². The standard InChI is InChI=1S/C16H20N2O3/c1-16(2,3)13-7-12(20-4)5-6-14(13)21-15-9-17-8-11(10-19)18-15/h5-9,19H,10H2,1-4H3. The van der Waals surface area contributed by atoms with Gasteiger partial charge in [0.15, 0.2) is 0 Å². The predicted octanol–water partition coefficient (Wildman–Crippen LogP) is 3.07. The zero-order valence-corrected chi connectivity index (χ0v) is 12.8. The molecule has 1 N–H and O–H groups in total. The zero-order chi connectivity index (χ0) is 15.5. The van der Waals surface area contributed by atoms with Gasteiger partial charge in [-0.25, -0.2) is 4.98 Å². The molecule has 5 nitrogen and oxygen atoms in total. The topological polar surface area (TPSA) is 64.5 Å². The van der Waals surface area contributed by atoms with Crippen LogP contribution in [0.25, 0.3) is 0 Å². The lowest BCUT2D eigenvalue weighted by atomic mass is 9.86. The van der Waals surface area contributed by atoms with Crippen LogP contribution in [0.2, 0.25) is 0 Å². The van der Waals surface area contributed by atoms with E-state index in [1.807, 2.05) is 18.2 Å². The van der Waals surface area contributed by atoms with Crippen LogP contribution in [0.3, 0.4) is 0 Å². The molecule has 0 bridgehead atoms. The second-order valence-electron chi connectivity index (χ2n) is 5.72. The minimum atomic E-state index is -0.168. The number of benzene rings is 1. The van der Waals surface area contributed by atoms with E-state index in [2.05, 4.69) is 30.7 Å². The molecule has 0 aliphatic rings. The Labute approximate surface area is 124 Å². The monoisotopic (exact) mass is 288 g/mol. The Morgan fingerprint density at radius 1 is 1.19 bits per heavy atom. The van der Waals surface area contributed by atoms with Crippen LogP contribution in [-0.2, 0) is 12.0 Å². The summed E-state index contributed by atoms with van der Waals surface area (Å²) in [7, 11) is 1.64. The highest BCUT2D eigenvalue weighted by molar-refractivity contribution is 5.45. The van der Waals surface area contributed by atoms with E-state index < -0.39 is 0 Å². The number of aromatic nitrogens is 2. The molecule has 0 radical (unpaired) electrons. The first-order valence-electron chi connectivity index (χ1n) is 6.72. The summed E-state index contributed by atoms with van der Waals surface area (Å²) in [5.41, 5.74) is 1.38. The molecule has 0 saturated heterocycles. The van der Waals surface area contributed by atoms with Crippen LogP contribution in [-0.4, -0.2) is 22.2 Å². The number of methoxy groups -OCH3 is 1. The van der Waals surface area contributed by atoms with E-state index in [0.29, 0.717) is 17.3 Å². The molecule has 0 saturated carbocycles. The number of aliphatic hydroxyl groups excluding tert-OH is 1. The third-order valence-corrected chi connectivity index (χ3v) is 3.03. The first-order chi connectivity index (χ1) is 9.94. The third-order valence-electron chi connectivity index (χ3n) is 3.03. The fourth-order valence-corrected chi connectivity index (χ4v) is 1.94. The summed E-state index contributed by atoms with van der Waals surface area (Å²) in [6, 6.07) is 5.65. The van der Waals surface area contributed by atoms with Crippen LogP contribution in [0.15, 0.2) is 30.6 Å². The van der Waals surface area contributed by atoms with Gasteiger partial charge in [0.25, 0.3) is 0 Å². The molecule has 0 atom stereocenters. The molecule has 0 unspecified atom stereocenters. The van der Waals surface area contributed by atoms with Gasteiger partial charge in [-0.15, -0.1) is 0 Å². The largest absolute Gasteiger partial charge is 0.497 e. The second-order valence-corrected chi connectivity index (χ2v) is 5.72. The molecule has 0 amide bonds. The van der Waals surface area contributed by atoms with Crippen molar-refractivity contribution in [1.82, 2.24) is 9.97 Å². The third kappa shape index (κ3) is 3.70. The van der Waals surface area contributed by atoms with E-state index in [1.54, 1.807) is 7.11 Å². The molecule has 1 aromatic carbocycles. The van der Waals surface area contributed by atoms with Gasteiger partial charge < -0.3 is 14.6 Å². The van der Waals surface area contributed by atoms with Crippen molar-refractivity contribution in [3.8, 4) is 17.4 Å². The number of ether oxygens (including phenoxy) is 2. The fourth-order valence-electron chi connectivity index (χ4n) is 1.94. The maximum Gasteiger partial charge on any atom is 0.238 e. The maximum atomic E-state index is 9.11. The van der Waals surface area contributed by atoms with E-state index in [9.17, 15) is 0 Å². The molecular formula is C16H20N2O3. The highest BCUT2D eigenvalue weighted by Gasteiger charge is 2.20. The van der Waals surface area contributed by atoms with Crippen LogP contribution in [0, 0.1) is 0 Å². The van der Waals surface area contributed by atoms with E-state index in [1.165, 1.54) is 12.4 Å². The van der Waals surface area contributed by atoms with Crippen LogP contribution in [0.4, 0.5) is 0 Å². The van der Waals surface area contributed by atoms with Crippen molar-refractivity contribution < 1.29 is 14.6 Å². The maximum absolute atomic E-state index is 9.11. The highest BCUT2D eigenvalue weighted by Crippen LogP contribution is 2.36. The van der Waals surface area contributed by atoms with Gasteiger partial charge in [0, 0.05) is 5.56 Å². The Morgan fingerprint density at radius 3 is 2.57 bits per heavy atom. The summed E-state index contributed by atoms with van der Waals surface area (Å²) < 4.78 is 11.1. The summed E-state index contributed by atoms with van der Waals surface area (Å²) in [6.07, 6.45) is 3.03. The summed E-state index contributed by atoms with van der Waals surface area (Å²) in [5, 5.41) is 9.11. The highest BCUT2D eigenvalue weighted by atomic mass is 16.5. The van der Waals surface area contributed by atoms with Crippen molar-refractivity contribution in [3.63, 3.8) is 0 Å². The molecule has 21 heavy (non-hydrogen) atoms. The molecule has 0 aliphatic carbocycles. The van der Waals surface area contributed by atoms with E-state index in [4.69, 9.17) is 14.6 Å². The Kier molecular flexibility index (Phi) is 4.43. The van der Waals surface area contributed by atoms with Gasteiger partial charge in [-0.2, -0.15) is 0 Å². The molecular weight excluding hydrogens is 268 g/mol. The SMILES string of the molecule is COc1ccc(Oc2cncc(CO)n2)c(C(C)(C)C)c1. The second kappa shape index (κ2) is 6.10. The molecule has 2 aromatic rings. The van der Waals surface area contributed by atoms with Crippen molar-refractivity contribution in [3.05, 3.63) is 41.9 Å². The molecule has 0 fully saturated rings. The number of rotatable bonds is 4. The summed E-state index contributed by atoms with van der Waals surface area (Å²) in [5.74, 6) is 1.84. The van der Waals surface area contributed by atoms with E-state index in [0.717, 1.165) is 11.3 Å². The number of hydrogen-bond acceptors (Lipinski definition) is 5. The Bertz CT molecular complexity index is 621. The van der Waals surface area contributed by atoms with Crippen LogP contribution >= 0.6 is 0 Å². The lowest BCUT2D eigenvalue weighted by Gasteiger charge is -2.23. The Hall–Kier alpha value is -2.14. The zero-order valence-electron chi connectivity index (χ0n) is 12.8. The summed E-state index contributed by atoms with van der Waals surface area (Å²) in [4.78, 5) is 8.19. The molecule has 0 aliphatic heterocycles. The van der Waals surface area contributed by atoms with Crippen molar-refractivity contribution in [2.45, 2.75) is 32.8 Å². The minimum absolute atomic E-state index is 0.105. The van der Waals surface area contributed by atoms with Crippen LogP contribution < -0.4 is 9.47 Å². The van der Waals surface area contributed by atoms with Crippen molar-refractivity contribution >= 4 is 0 Å². The van der Waals surface area contributed by atoms with Crippen molar-refractivity contribution in [1.29, 1.82) is 0 Å². The molecule has 0 spiro atoms. The average molecular weight is 288 g/mol. The Morgan fingerprint density at radius 2 is 1.95 bits per heavy atom. The van der Waals surface area contributed by atoms with E-state index in [-0.39, 0.29) is 12.0 Å². The molecule has 1 heterocycles. The first-order valence-corrected chi connectivity index (χ1v) is 6.72. The Balaban J connectivity index is 2.39. The van der Waals surface area contributed by atoms with Gasteiger partial charge >= 0.3 is 0 Å². The lowest BCUT2D eigenvalue weighted by molar-refractivity contribution is 0.274. The van der Waals surface area contributed by atoms with Crippen LogP contribution in [0.1, 0.15) is 32.0 Å². The van der Waals surface area contributed by atoms with Crippen molar-refractivity contribution in [2.24, 2.45) is 0 Å². The average Bonchev–Trinajstić information content (AvgIpc) is 2.46. The number of aliphatic hydroxyl groups is 1. The quantitative estimate of drug-likeness (QED) is 0.936.